The molecule has 5 heteroatoms. The van der Waals surface area contributed by atoms with Crippen molar-refractivity contribution in [3.63, 3.8) is 0 Å². The molecule has 1 N–H and O–H groups in total. The molecule has 0 saturated carbocycles. The molecule has 5 nitrogen and oxygen atoms in total. The van der Waals surface area contributed by atoms with E-state index >= 15 is 0 Å². The van der Waals surface area contributed by atoms with E-state index in [4.69, 9.17) is 0 Å². The van der Waals surface area contributed by atoms with Gasteiger partial charge in [0.2, 0.25) is 0 Å². The molecule has 0 spiro atoms. The molecule has 7 rings (SSSR count). The highest BCUT2D eigenvalue weighted by Crippen LogP contribution is 2.45. The molecule has 3 aliphatic heterocycles. The third kappa shape index (κ3) is 2.79. The molecule has 3 fully saturated rings. The lowest BCUT2D eigenvalue weighted by molar-refractivity contribution is 0.00128. The van der Waals surface area contributed by atoms with E-state index in [1.807, 2.05) is 0 Å². The van der Waals surface area contributed by atoms with Crippen molar-refractivity contribution in [3.8, 4) is 11.3 Å². The quantitative estimate of drug-likeness (QED) is 0.693. The number of carbonyl (C=O) groups is 1. The van der Waals surface area contributed by atoms with E-state index < -0.39 is 0 Å². The lowest BCUT2D eigenvalue weighted by Crippen LogP contribution is -2.60. The SMILES string of the molecule is O=C(c1[nH]nc2c1CCc1ccccc1-2)N1CCCC2=C[C@@H]3C[C@@H](CN4CCCC[C@H]34)[C@@H]21. The average Bonchev–Trinajstić information content (AvgIpc) is 3.28. The number of benzene rings is 1. The van der Waals surface area contributed by atoms with Crippen molar-refractivity contribution in [3.05, 3.63) is 52.7 Å². The van der Waals surface area contributed by atoms with Crippen LogP contribution in [0.25, 0.3) is 11.3 Å². The van der Waals surface area contributed by atoms with Crippen LogP contribution in [0.15, 0.2) is 35.9 Å². The Hall–Kier alpha value is -2.40. The van der Waals surface area contributed by atoms with Crippen molar-refractivity contribution in [2.24, 2.45) is 11.8 Å². The Morgan fingerprint density at radius 3 is 2.97 bits per heavy atom. The summed E-state index contributed by atoms with van der Waals surface area (Å²) in [5.74, 6) is 1.46. The maximum atomic E-state index is 14.0. The van der Waals surface area contributed by atoms with E-state index in [1.165, 1.54) is 56.3 Å². The number of rotatable bonds is 1. The van der Waals surface area contributed by atoms with Gasteiger partial charge in [0.1, 0.15) is 5.69 Å². The third-order valence-electron chi connectivity index (χ3n) is 8.92. The molecule has 0 unspecified atom stereocenters. The van der Waals surface area contributed by atoms with Crippen molar-refractivity contribution in [1.82, 2.24) is 20.0 Å². The van der Waals surface area contributed by atoms with E-state index in [9.17, 15) is 4.79 Å². The molecular weight excluding hydrogens is 396 g/mol. The molecule has 32 heavy (non-hydrogen) atoms. The largest absolute Gasteiger partial charge is 0.330 e. The standard InChI is InChI=1S/C27H32N4O/c32-27(25-22-11-10-17-6-1-2-8-21(17)24(22)28-29-25)31-13-5-7-18-14-19-15-20(26(18)31)16-30-12-4-3-9-23(19)30/h1-2,6,8,14,19-20,23,26H,3-5,7,9-13,15-16H2,(H,28,29)/t19-,20+,23-,26-/m1/s1. The number of amides is 1. The molecule has 1 aromatic heterocycles. The summed E-state index contributed by atoms with van der Waals surface area (Å²) in [7, 11) is 0. The van der Waals surface area contributed by atoms with Crippen molar-refractivity contribution >= 4 is 5.91 Å². The van der Waals surface area contributed by atoms with Crippen LogP contribution >= 0.6 is 0 Å². The lowest BCUT2D eigenvalue weighted by Gasteiger charge is -2.54. The van der Waals surface area contributed by atoms with Gasteiger partial charge in [-0.1, -0.05) is 42.3 Å². The first-order valence-electron chi connectivity index (χ1n) is 12.7. The van der Waals surface area contributed by atoms with Crippen LogP contribution in [0.5, 0.6) is 0 Å². The molecular formula is C27H32N4O. The van der Waals surface area contributed by atoms with E-state index in [2.05, 4.69) is 50.3 Å². The fraction of sp³-hybridized carbons (Fsp3) is 0.556. The molecule has 1 amide bonds. The van der Waals surface area contributed by atoms with E-state index in [-0.39, 0.29) is 11.9 Å². The number of nitrogens with one attached hydrogen (secondary N) is 1. The van der Waals surface area contributed by atoms with Gasteiger partial charge < -0.3 is 4.90 Å². The number of fused-ring (bicyclic) bond motifs is 9. The van der Waals surface area contributed by atoms with Gasteiger partial charge in [-0.2, -0.15) is 5.10 Å². The Balaban J connectivity index is 1.23. The molecule has 2 aliphatic carbocycles. The van der Waals surface area contributed by atoms with Crippen LogP contribution in [-0.4, -0.2) is 57.6 Å². The van der Waals surface area contributed by atoms with Gasteiger partial charge in [-0.05, 0) is 68.9 Å². The van der Waals surface area contributed by atoms with Crippen LogP contribution in [-0.2, 0) is 12.8 Å². The van der Waals surface area contributed by atoms with E-state index in [0.29, 0.717) is 11.8 Å². The molecule has 5 aliphatic rings. The number of nitrogens with zero attached hydrogens (tertiary/aromatic N) is 3. The van der Waals surface area contributed by atoms with Gasteiger partial charge in [-0.25, -0.2) is 0 Å². The second-order valence-electron chi connectivity index (χ2n) is 10.6. The molecule has 0 radical (unpaired) electrons. The van der Waals surface area contributed by atoms with Crippen LogP contribution in [0, 0.1) is 11.8 Å². The van der Waals surface area contributed by atoms with Crippen LogP contribution in [0.4, 0.5) is 0 Å². The fourth-order valence-electron chi connectivity index (χ4n) is 7.58. The molecule has 2 aromatic rings. The van der Waals surface area contributed by atoms with Gasteiger partial charge in [-0.3, -0.25) is 14.8 Å². The topological polar surface area (TPSA) is 52.2 Å². The molecule has 4 heterocycles. The predicted octanol–water partition coefficient (Wildman–Crippen LogP) is 4.21. The normalized spacial score (nSPS) is 31.1. The van der Waals surface area contributed by atoms with E-state index in [1.54, 1.807) is 5.57 Å². The lowest BCUT2D eigenvalue weighted by atomic mass is 9.68. The Morgan fingerprint density at radius 2 is 2.00 bits per heavy atom. The number of aromatic nitrogens is 2. The number of carbonyl (C=O) groups excluding carboxylic acids is 1. The first-order chi connectivity index (χ1) is 15.8. The molecule has 166 valence electrons. The zero-order valence-electron chi connectivity index (χ0n) is 18.7. The van der Waals surface area contributed by atoms with Crippen molar-refractivity contribution < 1.29 is 4.79 Å². The minimum Gasteiger partial charge on any atom is -0.330 e. The van der Waals surface area contributed by atoms with Crippen molar-refractivity contribution in [2.45, 2.75) is 63.5 Å². The number of likely N-dealkylation sites (tertiary alicyclic amines) is 1. The number of hydrogen-bond donors (Lipinski definition) is 1. The predicted molar refractivity (Wildman–Crippen MR) is 124 cm³/mol. The molecule has 1 aromatic carbocycles. The van der Waals surface area contributed by atoms with Gasteiger partial charge in [0.05, 0.1) is 11.7 Å². The number of hydrogen-bond acceptors (Lipinski definition) is 3. The first kappa shape index (κ1) is 19.1. The highest BCUT2D eigenvalue weighted by molar-refractivity contribution is 5.96. The second-order valence-corrected chi connectivity index (χ2v) is 10.6. The Morgan fingerprint density at radius 1 is 1.06 bits per heavy atom. The minimum atomic E-state index is 0.174. The van der Waals surface area contributed by atoms with Gasteiger partial charge >= 0.3 is 0 Å². The first-order valence-corrected chi connectivity index (χ1v) is 12.7. The van der Waals surface area contributed by atoms with Gasteiger partial charge in [0, 0.05) is 30.3 Å². The number of piperidine rings is 3. The summed E-state index contributed by atoms with van der Waals surface area (Å²) >= 11 is 0. The Labute approximate surface area is 189 Å². The summed E-state index contributed by atoms with van der Waals surface area (Å²) in [6.07, 6.45) is 12.1. The highest BCUT2D eigenvalue weighted by atomic mass is 16.2. The van der Waals surface area contributed by atoms with Crippen LogP contribution < -0.4 is 0 Å². The van der Waals surface area contributed by atoms with Crippen LogP contribution in [0.1, 0.15) is 60.1 Å². The monoisotopic (exact) mass is 428 g/mol. The van der Waals surface area contributed by atoms with Crippen LogP contribution in [0.3, 0.4) is 0 Å². The van der Waals surface area contributed by atoms with Crippen LogP contribution in [0.2, 0.25) is 0 Å². The Bertz CT molecular complexity index is 1100. The molecule has 3 saturated heterocycles. The minimum absolute atomic E-state index is 0.174. The smallest absolute Gasteiger partial charge is 0.272 e. The third-order valence-corrected chi connectivity index (χ3v) is 8.92. The van der Waals surface area contributed by atoms with E-state index in [0.717, 1.165) is 48.8 Å². The van der Waals surface area contributed by atoms with Crippen molar-refractivity contribution in [2.75, 3.05) is 19.6 Å². The zero-order chi connectivity index (χ0) is 21.2. The zero-order valence-corrected chi connectivity index (χ0v) is 18.7. The highest BCUT2D eigenvalue weighted by Gasteiger charge is 2.47. The summed E-state index contributed by atoms with van der Waals surface area (Å²) in [5.41, 5.74) is 6.93. The molecule has 2 bridgehead atoms. The molecule has 4 atom stereocenters. The summed E-state index contributed by atoms with van der Waals surface area (Å²) in [6.45, 7) is 3.28. The Kier molecular flexibility index (Phi) is 4.36. The van der Waals surface area contributed by atoms with Gasteiger partial charge in [0.25, 0.3) is 5.91 Å². The maximum absolute atomic E-state index is 14.0. The number of H-pyrrole nitrogens is 1. The van der Waals surface area contributed by atoms with Gasteiger partial charge in [0.15, 0.2) is 0 Å². The summed E-state index contributed by atoms with van der Waals surface area (Å²) in [4.78, 5) is 18.9. The summed E-state index contributed by atoms with van der Waals surface area (Å²) in [5, 5.41) is 7.82. The maximum Gasteiger partial charge on any atom is 0.272 e. The van der Waals surface area contributed by atoms with Crippen molar-refractivity contribution in [1.29, 1.82) is 0 Å². The summed E-state index contributed by atoms with van der Waals surface area (Å²) in [6, 6.07) is 9.52. The summed E-state index contributed by atoms with van der Waals surface area (Å²) < 4.78 is 0. The van der Waals surface area contributed by atoms with Gasteiger partial charge in [-0.15, -0.1) is 0 Å². The number of aromatic amines is 1. The second kappa shape index (κ2) is 7.31. The number of aryl methyl sites for hydroxylation is 1. The fourth-order valence-corrected chi connectivity index (χ4v) is 7.58. The average molecular weight is 429 g/mol.